The minimum absolute atomic E-state index is 0.0760. The number of aromatic nitrogens is 2. The summed E-state index contributed by atoms with van der Waals surface area (Å²) in [6.07, 6.45) is 1.24. The molecule has 2 atom stereocenters. The Kier molecular flexibility index (Phi) is 7.08. The summed E-state index contributed by atoms with van der Waals surface area (Å²) in [5.74, 6) is -0.786. The van der Waals surface area contributed by atoms with Crippen molar-refractivity contribution in [3.63, 3.8) is 0 Å². The van der Waals surface area contributed by atoms with Crippen LogP contribution >= 0.6 is 18.9 Å². The van der Waals surface area contributed by atoms with Gasteiger partial charge < -0.3 is 20.1 Å². The normalized spacial score (nSPS) is 18.2. The highest BCUT2D eigenvalue weighted by atomic mass is 32.2. The van der Waals surface area contributed by atoms with E-state index in [1.165, 1.54) is 34.2 Å². The van der Waals surface area contributed by atoms with Gasteiger partial charge >= 0.3 is 7.52 Å². The first-order chi connectivity index (χ1) is 16.9. The predicted octanol–water partition coefficient (Wildman–Crippen LogP) is 2.16. The average molecular weight is 554 g/mol. The number of ether oxygens (including phenoxy) is 1. The maximum atomic E-state index is 13.4. The lowest BCUT2D eigenvalue weighted by Gasteiger charge is -2.23. The maximum absolute atomic E-state index is 13.4. The van der Waals surface area contributed by atoms with Gasteiger partial charge in [0.25, 0.3) is 5.56 Å². The molecule has 0 spiro atoms. The molecule has 0 bridgehead atoms. The molecule has 36 heavy (non-hydrogen) atoms. The third-order valence-electron chi connectivity index (χ3n) is 5.41. The van der Waals surface area contributed by atoms with E-state index in [4.69, 9.17) is 4.74 Å². The molecule has 3 heterocycles. The molecule has 3 aromatic rings. The number of hydrogen-bond acceptors (Lipinski definition) is 9. The van der Waals surface area contributed by atoms with Gasteiger partial charge in [-0.3, -0.25) is 14.1 Å². The first kappa shape index (κ1) is 26.0. The molecule has 2 unspecified atom stereocenters. The van der Waals surface area contributed by atoms with E-state index in [0.717, 1.165) is 6.26 Å². The first-order valence-corrected chi connectivity index (χ1v) is 15.1. The number of rotatable bonds is 8. The summed E-state index contributed by atoms with van der Waals surface area (Å²) in [5, 5.41) is 21.6. The van der Waals surface area contributed by atoms with Crippen LogP contribution in [0.2, 0.25) is 0 Å². The van der Waals surface area contributed by atoms with Crippen molar-refractivity contribution in [2.75, 3.05) is 23.4 Å². The smallest absolute Gasteiger partial charge is 0.346 e. The summed E-state index contributed by atoms with van der Waals surface area (Å²) in [7, 11) is -6.53. The summed E-state index contributed by atoms with van der Waals surface area (Å²) in [5.41, 5.74) is -0.127. The third kappa shape index (κ3) is 5.37. The Balaban J connectivity index is 1.84. The average Bonchev–Trinajstić information content (AvgIpc) is 3.32. The van der Waals surface area contributed by atoms with Gasteiger partial charge in [-0.25, -0.2) is 13.1 Å². The number of aromatic hydroxyl groups is 1. The van der Waals surface area contributed by atoms with Crippen molar-refractivity contribution < 1.29 is 27.7 Å². The summed E-state index contributed by atoms with van der Waals surface area (Å²) >= 11 is 1.37. The molecule has 0 saturated carbocycles. The van der Waals surface area contributed by atoms with Crippen LogP contribution in [-0.4, -0.2) is 53.5 Å². The lowest BCUT2D eigenvalue weighted by atomic mass is 10.1. The molecule has 4 rings (SSSR count). The lowest BCUT2D eigenvalue weighted by molar-refractivity contribution is 0.105. The van der Waals surface area contributed by atoms with Crippen molar-refractivity contribution >= 4 is 51.4 Å². The van der Waals surface area contributed by atoms with E-state index in [-0.39, 0.29) is 46.4 Å². The summed E-state index contributed by atoms with van der Waals surface area (Å²) in [6, 6.07) is 5.69. The van der Waals surface area contributed by atoms with Gasteiger partial charge in [0.1, 0.15) is 11.3 Å². The first-order valence-electron chi connectivity index (χ1n) is 10.6. The van der Waals surface area contributed by atoms with Crippen molar-refractivity contribution in [2.45, 2.75) is 26.0 Å². The van der Waals surface area contributed by atoms with Gasteiger partial charge in [-0.05, 0) is 43.0 Å². The van der Waals surface area contributed by atoms with Gasteiger partial charge in [-0.1, -0.05) is 0 Å². The predicted molar refractivity (Wildman–Crippen MR) is 139 cm³/mol. The molecule has 192 valence electrons. The Morgan fingerprint density at radius 1 is 1.33 bits per heavy atom. The molecule has 0 fully saturated rings. The van der Waals surface area contributed by atoms with E-state index in [2.05, 4.69) is 19.9 Å². The fourth-order valence-corrected chi connectivity index (χ4v) is 6.03. The van der Waals surface area contributed by atoms with Crippen molar-refractivity contribution in [2.24, 2.45) is 4.76 Å². The molecule has 0 saturated heterocycles. The molecule has 4 N–H and O–H groups in total. The molecule has 1 aliphatic heterocycles. The van der Waals surface area contributed by atoms with Crippen LogP contribution in [-0.2, 0) is 25.9 Å². The Bertz CT molecular complexity index is 1550. The van der Waals surface area contributed by atoms with Crippen LogP contribution in [0.5, 0.6) is 5.75 Å². The molecule has 0 aliphatic carbocycles. The third-order valence-corrected chi connectivity index (χ3v) is 8.17. The quantitative estimate of drug-likeness (QED) is 0.305. The summed E-state index contributed by atoms with van der Waals surface area (Å²) < 4.78 is 48.8. The molecule has 15 heteroatoms. The van der Waals surface area contributed by atoms with E-state index in [9.17, 15) is 27.8 Å². The number of thiophene rings is 1. The monoisotopic (exact) mass is 553 g/mol. The molecule has 0 amide bonds. The van der Waals surface area contributed by atoms with E-state index in [1.807, 2.05) is 6.92 Å². The largest absolute Gasteiger partial charge is 0.505 e. The molecule has 12 nitrogen and oxygen atoms in total. The van der Waals surface area contributed by atoms with Gasteiger partial charge in [0.15, 0.2) is 11.6 Å². The number of nitrogens with one attached hydrogen (secondary N) is 2. The maximum Gasteiger partial charge on any atom is 0.346 e. The molecular formula is C21H24N5O7PS2. The van der Waals surface area contributed by atoms with Crippen LogP contribution in [0.25, 0.3) is 11.3 Å². The van der Waals surface area contributed by atoms with Gasteiger partial charge in [0.2, 0.25) is 10.0 Å². The number of sulfonamides is 1. The highest BCUT2D eigenvalue weighted by Crippen LogP contribution is 2.47. The fourth-order valence-electron chi connectivity index (χ4n) is 3.55. The second kappa shape index (κ2) is 9.79. The second-order valence-corrected chi connectivity index (χ2v) is 12.5. The number of nitrogens with zero attached hydrogens (tertiary/aromatic N) is 3. The Hall–Kier alpha value is -3.03. The summed E-state index contributed by atoms with van der Waals surface area (Å²) in [6.45, 7) is 2.00. The van der Waals surface area contributed by atoms with Crippen molar-refractivity contribution in [3.05, 3.63) is 50.9 Å². The number of methoxy groups -OCH3 is 1. The standard InChI is InChI=1S/C21H24N5O7PS2/c1-12(33-2)6-8-26-21(28)17(19(27)18(23-26)13-7-9-35-11-13)20-22-15-5-4-14(25-36(3,31)32)10-16(15)34(29,30)24-20/h4-5,7,9-12,25,27H,6,8H2,1-3H3,(H2,22,24,29,30). The van der Waals surface area contributed by atoms with Gasteiger partial charge in [0, 0.05) is 30.3 Å². The van der Waals surface area contributed by atoms with Gasteiger partial charge in [0.05, 0.1) is 23.4 Å². The molecular weight excluding hydrogens is 529 g/mol. The van der Waals surface area contributed by atoms with Crippen molar-refractivity contribution in [3.8, 4) is 17.0 Å². The zero-order valence-electron chi connectivity index (χ0n) is 19.5. The number of anilines is 2. The minimum atomic E-state index is -4.46. The van der Waals surface area contributed by atoms with E-state index < -0.39 is 28.9 Å². The molecule has 0 radical (unpaired) electrons. The number of hydrogen-bond donors (Lipinski definition) is 4. The highest BCUT2D eigenvalue weighted by molar-refractivity contribution is 7.92. The molecule has 1 aliphatic rings. The summed E-state index contributed by atoms with van der Waals surface area (Å²) in [4.78, 5) is 24.1. The van der Waals surface area contributed by atoms with E-state index >= 15 is 0 Å². The van der Waals surface area contributed by atoms with Crippen LogP contribution in [0.3, 0.4) is 0 Å². The Morgan fingerprint density at radius 2 is 2.08 bits per heavy atom. The second-order valence-electron chi connectivity index (χ2n) is 8.17. The topological polar surface area (TPSA) is 172 Å². The van der Waals surface area contributed by atoms with Gasteiger partial charge in [-0.2, -0.15) is 21.2 Å². The van der Waals surface area contributed by atoms with Crippen LogP contribution in [0.1, 0.15) is 18.9 Å². The van der Waals surface area contributed by atoms with Crippen LogP contribution in [0.4, 0.5) is 11.4 Å². The van der Waals surface area contributed by atoms with Gasteiger partial charge in [-0.15, -0.1) is 0 Å². The Morgan fingerprint density at radius 3 is 2.72 bits per heavy atom. The SMILES string of the molecule is COC(C)CCn1nc(-c2ccsc2)c(O)c(C2=NP(=O)(O)c3cc(NS(C)(=O)=O)ccc3N2)c1=O. The molecule has 1 aromatic carbocycles. The number of fused-ring (bicyclic) bond motifs is 1. The number of amidine groups is 1. The minimum Gasteiger partial charge on any atom is -0.505 e. The lowest BCUT2D eigenvalue weighted by Crippen LogP contribution is -2.35. The van der Waals surface area contributed by atoms with Crippen LogP contribution < -0.4 is 20.9 Å². The van der Waals surface area contributed by atoms with Crippen molar-refractivity contribution in [1.29, 1.82) is 0 Å². The van der Waals surface area contributed by atoms with E-state index in [1.54, 1.807) is 23.9 Å². The molecule has 2 aromatic heterocycles. The Labute approximate surface area is 210 Å². The number of benzene rings is 1. The highest BCUT2D eigenvalue weighted by Gasteiger charge is 2.34. The number of aryl methyl sites for hydroxylation is 1. The van der Waals surface area contributed by atoms with E-state index in [0.29, 0.717) is 12.0 Å². The zero-order valence-corrected chi connectivity index (χ0v) is 22.0. The van der Waals surface area contributed by atoms with Crippen molar-refractivity contribution in [1.82, 2.24) is 9.78 Å². The zero-order chi connectivity index (χ0) is 26.3. The van der Waals surface area contributed by atoms with Crippen LogP contribution in [0.15, 0.2) is 44.6 Å². The van der Waals surface area contributed by atoms with Crippen LogP contribution in [0, 0.1) is 0 Å². The fraction of sp³-hybridized carbons (Fsp3) is 0.286.